The molecule has 0 fully saturated rings. The van der Waals surface area contributed by atoms with Gasteiger partial charge in [0.1, 0.15) is 5.69 Å². The molecule has 4 heteroatoms. The van der Waals surface area contributed by atoms with E-state index in [1.54, 1.807) is 18.1 Å². The van der Waals surface area contributed by atoms with Crippen LogP contribution in [0, 0.1) is 0 Å². The second-order valence-corrected chi connectivity index (χ2v) is 3.10. The fraction of sp³-hybridized carbons (Fsp3) is 0.444. The van der Waals surface area contributed by atoms with Crippen LogP contribution in [0.2, 0.25) is 0 Å². The average Bonchev–Trinajstić information content (AvgIpc) is 2.17. The fourth-order valence-corrected chi connectivity index (χ4v) is 0.825. The van der Waals surface area contributed by atoms with Gasteiger partial charge in [-0.15, -0.1) is 0 Å². The van der Waals surface area contributed by atoms with E-state index >= 15 is 0 Å². The Morgan fingerprint density at radius 1 is 1.46 bits per heavy atom. The number of aromatic nitrogens is 2. The van der Waals surface area contributed by atoms with Gasteiger partial charge in [-0.1, -0.05) is 0 Å². The maximum Gasteiger partial charge on any atom is 0.274 e. The highest BCUT2D eigenvalue weighted by molar-refractivity contribution is 5.91. The van der Waals surface area contributed by atoms with Crippen LogP contribution in [0.15, 0.2) is 18.6 Å². The third kappa shape index (κ3) is 2.24. The normalized spacial score (nSPS) is 10.2. The van der Waals surface area contributed by atoms with Gasteiger partial charge in [-0.2, -0.15) is 0 Å². The molecule has 0 aliphatic heterocycles. The molecule has 0 saturated heterocycles. The summed E-state index contributed by atoms with van der Waals surface area (Å²) in [5.41, 5.74) is 0.388. The predicted molar refractivity (Wildman–Crippen MR) is 49.3 cm³/mol. The monoisotopic (exact) mass is 179 g/mol. The SMILES string of the molecule is CC(C)N(C)C(=O)c1cnccn1. The van der Waals surface area contributed by atoms with Gasteiger partial charge in [-0.05, 0) is 13.8 Å². The highest BCUT2D eigenvalue weighted by Crippen LogP contribution is 2.01. The maximum atomic E-state index is 11.6. The molecule has 0 unspecified atom stereocenters. The highest BCUT2D eigenvalue weighted by Gasteiger charge is 2.14. The summed E-state index contributed by atoms with van der Waals surface area (Å²) in [6, 6.07) is 0.175. The van der Waals surface area contributed by atoms with Crippen molar-refractivity contribution in [2.75, 3.05) is 7.05 Å². The zero-order chi connectivity index (χ0) is 9.84. The number of hydrogen-bond donors (Lipinski definition) is 0. The van der Waals surface area contributed by atoms with Crippen LogP contribution in [0.4, 0.5) is 0 Å². The lowest BCUT2D eigenvalue weighted by atomic mass is 10.3. The molecule has 0 aromatic carbocycles. The largest absolute Gasteiger partial charge is 0.338 e. The molecule has 0 aliphatic rings. The van der Waals surface area contributed by atoms with Crippen molar-refractivity contribution < 1.29 is 4.79 Å². The second-order valence-electron chi connectivity index (χ2n) is 3.10. The second kappa shape index (κ2) is 3.98. The third-order valence-corrected chi connectivity index (χ3v) is 1.88. The predicted octanol–water partition coefficient (Wildman–Crippen LogP) is 0.957. The van der Waals surface area contributed by atoms with E-state index in [2.05, 4.69) is 9.97 Å². The first-order valence-electron chi connectivity index (χ1n) is 4.16. The van der Waals surface area contributed by atoms with Gasteiger partial charge in [0.05, 0.1) is 6.20 Å². The molecule has 1 heterocycles. The van der Waals surface area contributed by atoms with Crippen molar-refractivity contribution in [3.8, 4) is 0 Å². The molecule has 1 aromatic heterocycles. The Labute approximate surface area is 77.6 Å². The van der Waals surface area contributed by atoms with E-state index < -0.39 is 0 Å². The molecule has 1 aromatic rings. The molecular formula is C9H13N3O. The Morgan fingerprint density at radius 3 is 2.62 bits per heavy atom. The van der Waals surface area contributed by atoms with Crippen LogP contribution >= 0.6 is 0 Å². The van der Waals surface area contributed by atoms with Crippen molar-refractivity contribution in [3.05, 3.63) is 24.3 Å². The van der Waals surface area contributed by atoms with Crippen LogP contribution in [-0.4, -0.2) is 33.9 Å². The summed E-state index contributed by atoms with van der Waals surface area (Å²) in [5, 5.41) is 0. The van der Waals surface area contributed by atoms with Crippen molar-refractivity contribution >= 4 is 5.91 Å². The van der Waals surface area contributed by atoms with Crippen LogP contribution in [0.25, 0.3) is 0 Å². The van der Waals surface area contributed by atoms with Crippen LogP contribution < -0.4 is 0 Å². The van der Waals surface area contributed by atoms with Crippen LogP contribution in [0.3, 0.4) is 0 Å². The van der Waals surface area contributed by atoms with Gasteiger partial charge in [0.25, 0.3) is 5.91 Å². The molecule has 4 nitrogen and oxygen atoms in total. The van der Waals surface area contributed by atoms with E-state index in [1.165, 1.54) is 12.4 Å². The van der Waals surface area contributed by atoms with Crippen molar-refractivity contribution in [2.24, 2.45) is 0 Å². The third-order valence-electron chi connectivity index (χ3n) is 1.88. The van der Waals surface area contributed by atoms with E-state index in [9.17, 15) is 4.79 Å². The molecule has 0 radical (unpaired) electrons. The molecular weight excluding hydrogens is 166 g/mol. The summed E-state index contributed by atoms with van der Waals surface area (Å²) < 4.78 is 0. The van der Waals surface area contributed by atoms with E-state index in [1.807, 2.05) is 13.8 Å². The Hall–Kier alpha value is -1.45. The minimum absolute atomic E-state index is 0.0944. The summed E-state index contributed by atoms with van der Waals surface area (Å²) in [6.07, 6.45) is 4.54. The minimum atomic E-state index is -0.0944. The van der Waals surface area contributed by atoms with E-state index in [0.29, 0.717) is 5.69 Å². The lowest BCUT2D eigenvalue weighted by Gasteiger charge is -2.20. The lowest BCUT2D eigenvalue weighted by Crippen LogP contribution is -2.33. The summed E-state index contributed by atoms with van der Waals surface area (Å²) in [5.74, 6) is -0.0944. The molecule has 0 N–H and O–H groups in total. The first-order valence-corrected chi connectivity index (χ1v) is 4.16. The number of nitrogens with zero attached hydrogens (tertiary/aromatic N) is 3. The van der Waals surface area contributed by atoms with Gasteiger partial charge < -0.3 is 4.90 Å². The zero-order valence-electron chi connectivity index (χ0n) is 8.06. The quantitative estimate of drug-likeness (QED) is 0.679. The average molecular weight is 179 g/mol. The molecule has 0 atom stereocenters. The van der Waals surface area contributed by atoms with E-state index in [-0.39, 0.29) is 11.9 Å². The van der Waals surface area contributed by atoms with E-state index in [4.69, 9.17) is 0 Å². The Morgan fingerprint density at radius 2 is 2.15 bits per heavy atom. The van der Waals surface area contributed by atoms with Gasteiger partial charge in [0.2, 0.25) is 0 Å². The Balaban J connectivity index is 2.80. The summed E-state index contributed by atoms with van der Waals surface area (Å²) >= 11 is 0. The van der Waals surface area contributed by atoms with E-state index in [0.717, 1.165) is 0 Å². The number of amides is 1. The van der Waals surface area contributed by atoms with Gasteiger partial charge >= 0.3 is 0 Å². The number of rotatable bonds is 2. The van der Waals surface area contributed by atoms with Crippen LogP contribution in [0.1, 0.15) is 24.3 Å². The highest BCUT2D eigenvalue weighted by atomic mass is 16.2. The number of carbonyl (C=O) groups is 1. The standard InChI is InChI=1S/C9H13N3O/c1-7(2)12(3)9(13)8-6-10-4-5-11-8/h4-7H,1-3H3. The van der Waals surface area contributed by atoms with Gasteiger partial charge in [0, 0.05) is 25.5 Å². The number of hydrogen-bond acceptors (Lipinski definition) is 3. The molecule has 1 rings (SSSR count). The molecule has 70 valence electrons. The Kier molecular flexibility index (Phi) is 2.95. The van der Waals surface area contributed by atoms with Crippen LogP contribution in [-0.2, 0) is 0 Å². The maximum absolute atomic E-state index is 11.6. The fourth-order valence-electron chi connectivity index (χ4n) is 0.825. The summed E-state index contributed by atoms with van der Waals surface area (Å²) in [7, 11) is 1.75. The molecule has 0 saturated carbocycles. The topological polar surface area (TPSA) is 46.1 Å². The van der Waals surface area contributed by atoms with Gasteiger partial charge in [0.15, 0.2) is 0 Å². The van der Waals surface area contributed by atoms with Crippen molar-refractivity contribution in [1.82, 2.24) is 14.9 Å². The van der Waals surface area contributed by atoms with Gasteiger partial charge in [-0.25, -0.2) is 4.98 Å². The molecule has 0 aliphatic carbocycles. The summed E-state index contributed by atoms with van der Waals surface area (Å²) in [4.78, 5) is 21.0. The smallest absolute Gasteiger partial charge is 0.274 e. The molecule has 0 bridgehead atoms. The van der Waals surface area contributed by atoms with Crippen molar-refractivity contribution in [2.45, 2.75) is 19.9 Å². The van der Waals surface area contributed by atoms with Crippen LogP contribution in [0.5, 0.6) is 0 Å². The minimum Gasteiger partial charge on any atom is -0.338 e. The first-order chi connectivity index (χ1) is 6.13. The molecule has 13 heavy (non-hydrogen) atoms. The first kappa shape index (κ1) is 9.64. The zero-order valence-corrected chi connectivity index (χ0v) is 8.06. The number of carbonyl (C=O) groups excluding carboxylic acids is 1. The lowest BCUT2D eigenvalue weighted by molar-refractivity contribution is 0.0748. The van der Waals surface area contributed by atoms with Crippen molar-refractivity contribution in [1.29, 1.82) is 0 Å². The molecule has 0 spiro atoms. The van der Waals surface area contributed by atoms with Gasteiger partial charge in [-0.3, -0.25) is 9.78 Å². The summed E-state index contributed by atoms with van der Waals surface area (Å²) in [6.45, 7) is 3.91. The Bertz CT molecular complexity index is 284. The van der Waals surface area contributed by atoms with Crippen molar-refractivity contribution in [3.63, 3.8) is 0 Å². The molecule has 1 amide bonds.